The van der Waals surface area contributed by atoms with E-state index in [2.05, 4.69) is 0 Å². The van der Waals surface area contributed by atoms with Crippen LogP contribution in [0, 0.1) is 0 Å². The lowest BCUT2D eigenvalue weighted by atomic mass is 10.5. The Balaban J connectivity index is 0. The molecule has 0 bridgehead atoms. The fraction of sp³-hybridized carbons (Fsp3) is 1.00. The van der Waals surface area contributed by atoms with Crippen LogP contribution in [0.25, 0.3) is 0 Å². The van der Waals surface area contributed by atoms with Gasteiger partial charge in [-0.25, -0.2) is 0 Å². The number of methoxy groups -OCH3 is 1. The molecule has 0 aliphatic rings. The van der Waals surface area contributed by atoms with Crippen molar-refractivity contribution in [2.45, 2.75) is 33.8 Å². The molecule has 0 unspecified atom stereocenters. The van der Waals surface area contributed by atoms with E-state index in [0.717, 1.165) is 0 Å². The number of ether oxygens (including phenoxy) is 2. The van der Waals surface area contributed by atoms with Crippen LogP contribution in [0.15, 0.2) is 0 Å². The topological polar surface area (TPSA) is 18.5 Å². The van der Waals surface area contributed by atoms with Crippen molar-refractivity contribution in [2.75, 3.05) is 20.3 Å². The SMILES string of the molecule is CC.COCCOC(C)C. The Morgan fingerprint density at radius 3 is 1.90 bits per heavy atom. The van der Waals surface area contributed by atoms with Crippen LogP contribution in [0.1, 0.15) is 27.7 Å². The molecule has 0 heterocycles. The van der Waals surface area contributed by atoms with E-state index in [1.54, 1.807) is 7.11 Å². The summed E-state index contributed by atoms with van der Waals surface area (Å²) in [7, 11) is 1.67. The van der Waals surface area contributed by atoms with Crippen molar-refractivity contribution in [3.63, 3.8) is 0 Å². The summed E-state index contributed by atoms with van der Waals surface area (Å²) >= 11 is 0. The third-order valence-electron chi connectivity index (χ3n) is 0.739. The molecule has 0 amide bonds. The van der Waals surface area contributed by atoms with Crippen molar-refractivity contribution in [3.05, 3.63) is 0 Å². The summed E-state index contributed by atoms with van der Waals surface area (Å²) in [4.78, 5) is 0. The molecule has 0 rings (SSSR count). The molecular weight excluding hydrogens is 128 g/mol. The van der Waals surface area contributed by atoms with E-state index in [9.17, 15) is 0 Å². The minimum Gasteiger partial charge on any atom is -0.382 e. The number of hydrogen-bond acceptors (Lipinski definition) is 2. The van der Waals surface area contributed by atoms with Crippen LogP contribution >= 0.6 is 0 Å². The predicted molar refractivity (Wildman–Crippen MR) is 44.3 cm³/mol. The van der Waals surface area contributed by atoms with Gasteiger partial charge in [0.2, 0.25) is 0 Å². The molecule has 0 radical (unpaired) electrons. The lowest BCUT2D eigenvalue weighted by Crippen LogP contribution is -2.07. The minimum atomic E-state index is 0.324. The Morgan fingerprint density at radius 2 is 1.60 bits per heavy atom. The molecule has 0 aliphatic carbocycles. The van der Waals surface area contributed by atoms with Crippen LogP contribution in [0.3, 0.4) is 0 Å². The molecule has 0 saturated heterocycles. The van der Waals surface area contributed by atoms with E-state index in [-0.39, 0.29) is 0 Å². The lowest BCUT2D eigenvalue weighted by Gasteiger charge is -2.04. The van der Waals surface area contributed by atoms with Gasteiger partial charge in [0, 0.05) is 7.11 Å². The molecule has 0 aromatic heterocycles. The quantitative estimate of drug-likeness (QED) is 0.568. The van der Waals surface area contributed by atoms with Gasteiger partial charge < -0.3 is 9.47 Å². The van der Waals surface area contributed by atoms with Crippen molar-refractivity contribution < 1.29 is 9.47 Å². The van der Waals surface area contributed by atoms with Crippen LogP contribution in [-0.4, -0.2) is 26.4 Å². The fourth-order valence-corrected chi connectivity index (χ4v) is 0.367. The molecular formula is C8H20O2. The summed E-state index contributed by atoms with van der Waals surface area (Å²) in [5, 5.41) is 0. The zero-order valence-corrected chi connectivity index (χ0v) is 7.81. The Kier molecular flexibility index (Phi) is 14.7. The first-order valence-electron chi connectivity index (χ1n) is 3.88. The third kappa shape index (κ3) is 15.7. The summed E-state index contributed by atoms with van der Waals surface area (Å²) in [5.41, 5.74) is 0. The molecule has 0 N–H and O–H groups in total. The first-order chi connectivity index (χ1) is 4.77. The molecule has 0 aromatic rings. The summed E-state index contributed by atoms with van der Waals surface area (Å²) in [6.07, 6.45) is 0.324. The smallest absolute Gasteiger partial charge is 0.0703 e. The van der Waals surface area contributed by atoms with E-state index in [0.29, 0.717) is 19.3 Å². The normalized spacial score (nSPS) is 9.00. The van der Waals surface area contributed by atoms with Gasteiger partial charge in [0.15, 0.2) is 0 Å². The maximum atomic E-state index is 5.16. The lowest BCUT2D eigenvalue weighted by molar-refractivity contribution is 0.0351. The van der Waals surface area contributed by atoms with E-state index >= 15 is 0 Å². The molecule has 0 spiro atoms. The van der Waals surface area contributed by atoms with Gasteiger partial charge in [-0.1, -0.05) is 13.8 Å². The monoisotopic (exact) mass is 148 g/mol. The Labute approximate surface area is 64.5 Å². The van der Waals surface area contributed by atoms with Gasteiger partial charge in [-0.3, -0.25) is 0 Å². The molecule has 0 aliphatic heterocycles. The molecule has 64 valence electrons. The van der Waals surface area contributed by atoms with Crippen molar-refractivity contribution in [2.24, 2.45) is 0 Å². The summed E-state index contributed by atoms with van der Waals surface area (Å²) in [5.74, 6) is 0. The van der Waals surface area contributed by atoms with Gasteiger partial charge in [0.05, 0.1) is 19.3 Å². The van der Waals surface area contributed by atoms with Crippen LogP contribution in [-0.2, 0) is 9.47 Å². The standard InChI is InChI=1S/C6H14O2.C2H6/c1-6(2)8-5-4-7-3;1-2/h6H,4-5H2,1-3H3;1-2H3. The Bertz CT molecular complexity index is 44.5. The Hall–Kier alpha value is -0.0800. The number of rotatable bonds is 4. The first kappa shape index (κ1) is 12.6. The first-order valence-corrected chi connectivity index (χ1v) is 3.88. The summed E-state index contributed by atoms with van der Waals surface area (Å²) in [6.45, 7) is 9.41. The van der Waals surface area contributed by atoms with Crippen molar-refractivity contribution in [1.82, 2.24) is 0 Å². The van der Waals surface area contributed by atoms with E-state index in [1.807, 2.05) is 27.7 Å². The van der Waals surface area contributed by atoms with E-state index in [4.69, 9.17) is 9.47 Å². The zero-order valence-electron chi connectivity index (χ0n) is 7.81. The van der Waals surface area contributed by atoms with Crippen LogP contribution in [0.5, 0.6) is 0 Å². The van der Waals surface area contributed by atoms with Gasteiger partial charge in [-0.2, -0.15) is 0 Å². The second-order valence-corrected chi connectivity index (χ2v) is 1.91. The van der Waals surface area contributed by atoms with E-state index < -0.39 is 0 Å². The van der Waals surface area contributed by atoms with Crippen LogP contribution in [0.2, 0.25) is 0 Å². The predicted octanol–water partition coefficient (Wildman–Crippen LogP) is 2.08. The highest BCUT2D eigenvalue weighted by Gasteiger charge is 1.89. The van der Waals surface area contributed by atoms with Crippen molar-refractivity contribution in [3.8, 4) is 0 Å². The highest BCUT2D eigenvalue weighted by atomic mass is 16.5. The maximum absolute atomic E-state index is 5.16. The molecule has 2 heteroatoms. The van der Waals surface area contributed by atoms with Gasteiger partial charge in [0.25, 0.3) is 0 Å². The largest absolute Gasteiger partial charge is 0.382 e. The number of hydrogen-bond donors (Lipinski definition) is 0. The summed E-state index contributed by atoms with van der Waals surface area (Å²) < 4.78 is 9.92. The minimum absolute atomic E-state index is 0.324. The van der Waals surface area contributed by atoms with Crippen molar-refractivity contribution in [1.29, 1.82) is 0 Å². The molecule has 0 aromatic carbocycles. The summed E-state index contributed by atoms with van der Waals surface area (Å²) in [6, 6.07) is 0. The zero-order chi connectivity index (χ0) is 8.41. The second kappa shape index (κ2) is 11.7. The highest BCUT2D eigenvalue weighted by molar-refractivity contribution is 4.34. The van der Waals surface area contributed by atoms with Gasteiger partial charge in [-0.05, 0) is 13.8 Å². The van der Waals surface area contributed by atoms with Crippen LogP contribution in [0.4, 0.5) is 0 Å². The molecule has 0 atom stereocenters. The molecule has 0 saturated carbocycles. The molecule has 2 nitrogen and oxygen atoms in total. The third-order valence-corrected chi connectivity index (χ3v) is 0.739. The van der Waals surface area contributed by atoms with E-state index in [1.165, 1.54) is 0 Å². The average Bonchev–Trinajstić information content (AvgIpc) is 1.92. The van der Waals surface area contributed by atoms with Crippen molar-refractivity contribution >= 4 is 0 Å². The van der Waals surface area contributed by atoms with Gasteiger partial charge in [0.1, 0.15) is 0 Å². The second-order valence-electron chi connectivity index (χ2n) is 1.91. The molecule has 0 fully saturated rings. The van der Waals surface area contributed by atoms with Gasteiger partial charge in [-0.15, -0.1) is 0 Å². The fourth-order valence-electron chi connectivity index (χ4n) is 0.367. The van der Waals surface area contributed by atoms with Gasteiger partial charge >= 0.3 is 0 Å². The molecule has 10 heavy (non-hydrogen) atoms. The maximum Gasteiger partial charge on any atom is 0.0703 e. The Morgan fingerprint density at radius 1 is 1.10 bits per heavy atom. The van der Waals surface area contributed by atoms with Crippen LogP contribution < -0.4 is 0 Å². The average molecular weight is 148 g/mol. The highest BCUT2D eigenvalue weighted by Crippen LogP contribution is 1.85.